The first-order valence-corrected chi connectivity index (χ1v) is 7.92. The highest BCUT2D eigenvalue weighted by Crippen LogP contribution is 2.24. The Morgan fingerprint density at radius 3 is 2.63 bits per heavy atom. The van der Waals surface area contributed by atoms with Crippen molar-refractivity contribution < 1.29 is 19.4 Å². The molecule has 9 nitrogen and oxygen atoms in total. The van der Waals surface area contributed by atoms with E-state index in [4.69, 9.17) is 15.2 Å². The second-order valence-corrected chi connectivity index (χ2v) is 5.38. The zero-order valence-corrected chi connectivity index (χ0v) is 14.4. The summed E-state index contributed by atoms with van der Waals surface area (Å²) in [5.41, 5.74) is 6.46. The fraction of sp³-hybridized carbons (Fsp3) is 0.111. The SMILES string of the molecule is COc1ccc(C(=O)OCc2nc(N)nc(Nc3ccccc3)n2)c(O)c1. The summed E-state index contributed by atoms with van der Waals surface area (Å²) in [6.07, 6.45) is 0. The third-order valence-corrected chi connectivity index (χ3v) is 3.49. The van der Waals surface area contributed by atoms with Crippen LogP contribution in [0.1, 0.15) is 16.2 Å². The van der Waals surface area contributed by atoms with Crippen LogP contribution in [0.4, 0.5) is 17.6 Å². The number of nitrogens with one attached hydrogen (secondary N) is 1. The van der Waals surface area contributed by atoms with Crippen LogP contribution >= 0.6 is 0 Å². The minimum Gasteiger partial charge on any atom is -0.507 e. The van der Waals surface area contributed by atoms with Gasteiger partial charge in [0.05, 0.1) is 7.11 Å². The van der Waals surface area contributed by atoms with E-state index in [1.165, 1.54) is 19.2 Å². The molecular weight excluding hydrogens is 350 g/mol. The van der Waals surface area contributed by atoms with E-state index < -0.39 is 5.97 Å². The van der Waals surface area contributed by atoms with Gasteiger partial charge in [0.2, 0.25) is 11.9 Å². The van der Waals surface area contributed by atoms with Gasteiger partial charge >= 0.3 is 5.97 Å². The van der Waals surface area contributed by atoms with Crippen molar-refractivity contribution in [1.82, 2.24) is 15.0 Å². The van der Waals surface area contributed by atoms with Crippen LogP contribution < -0.4 is 15.8 Å². The van der Waals surface area contributed by atoms with Crippen molar-refractivity contribution >= 4 is 23.6 Å². The van der Waals surface area contributed by atoms with E-state index in [2.05, 4.69) is 20.3 Å². The monoisotopic (exact) mass is 367 g/mol. The van der Waals surface area contributed by atoms with Gasteiger partial charge in [-0.3, -0.25) is 0 Å². The standard InChI is InChI=1S/C18H17N5O4/c1-26-12-7-8-13(14(24)9-12)16(25)27-10-15-21-17(19)23-18(22-15)20-11-5-3-2-4-6-11/h2-9,24H,10H2,1H3,(H3,19,20,21,22,23). The smallest absolute Gasteiger partial charge is 0.342 e. The van der Waals surface area contributed by atoms with Gasteiger partial charge in [0.1, 0.15) is 17.1 Å². The molecule has 0 radical (unpaired) electrons. The maximum atomic E-state index is 12.2. The van der Waals surface area contributed by atoms with Crippen LogP contribution in [-0.4, -0.2) is 33.1 Å². The number of aromatic nitrogens is 3. The minimum atomic E-state index is -0.730. The summed E-state index contributed by atoms with van der Waals surface area (Å²) in [5, 5.41) is 12.9. The predicted molar refractivity (Wildman–Crippen MR) is 97.7 cm³/mol. The van der Waals surface area contributed by atoms with E-state index in [1.54, 1.807) is 6.07 Å². The molecule has 0 bridgehead atoms. The first-order chi connectivity index (χ1) is 13.0. The van der Waals surface area contributed by atoms with Crippen molar-refractivity contribution in [2.45, 2.75) is 6.61 Å². The van der Waals surface area contributed by atoms with Crippen LogP contribution in [0.2, 0.25) is 0 Å². The van der Waals surface area contributed by atoms with E-state index in [9.17, 15) is 9.90 Å². The number of phenolic OH excluding ortho intramolecular Hbond substituents is 1. The number of methoxy groups -OCH3 is 1. The number of aromatic hydroxyl groups is 1. The van der Waals surface area contributed by atoms with Crippen LogP contribution in [0, 0.1) is 0 Å². The Bertz CT molecular complexity index is 950. The number of nitrogens with zero attached hydrogens (tertiary/aromatic N) is 3. The lowest BCUT2D eigenvalue weighted by molar-refractivity contribution is 0.0459. The van der Waals surface area contributed by atoms with Crippen molar-refractivity contribution in [2.24, 2.45) is 0 Å². The Morgan fingerprint density at radius 1 is 1.15 bits per heavy atom. The molecule has 1 aromatic heterocycles. The number of nitrogens with two attached hydrogens (primary N) is 1. The maximum absolute atomic E-state index is 12.2. The number of ether oxygens (including phenoxy) is 2. The third-order valence-electron chi connectivity index (χ3n) is 3.49. The van der Waals surface area contributed by atoms with Gasteiger partial charge in [-0.2, -0.15) is 15.0 Å². The molecule has 0 aliphatic heterocycles. The predicted octanol–water partition coefficient (Wildman–Crippen LogP) is 2.27. The highest BCUT2D eigenvalue weighted by molar-refractivity contribution is 5.92. The molecule has 0 unspecified atom stereocenters. The summed E-state index contributed by atoms with van der Waals surface area (Å²) in [5.74, 6) is -0.172. The van der Waals surface area contributed by atoms with Gasteiger partial charge in [-0.05, 0) is 24.3 Å². The number of phenols is 1. The molecule has 0 saturated heterocycles. The van der Waals surface area contributed by atoms with Crippen molar-refractivity contribution in [1.29, 1.82) is 0 Å². The molecule has 3 aromatic rings. The quantitative estimate of drug-likeness (QED) is 0.561. The van der Waals surface area contributed by atoms with Crippen LogP contribution in [0.3, 0.4) is 0 Å². The lowest BCUT2D eigenvalue weighted by atomic mass is 10.2. The zero-order chi connectivity index (χ0) is 19.2. The Labute approximate surface area is 154 Å². The summed E-state index contributed by atoms with van der Waals surface area (Å²) in [6.45, 7) is -0.236. The fourth-order valence-electron chi connectivity index (χ4n) is 2.23. The topological polar surface area (TPSA) is 132 Å². The summed E-state index contributed by atoms with van der Waals surface area (Å²) in [4.78, 5) is 24.3. The molecule has 3 rings (SSSR count). The third kappa shape index (κ3) is 4.60. The van der Waals surface area contributed by atoms with Crippen molar-refractivity contribution in [2.75, 3.05) is 18.2 Å². The molecule has 138 valence electrons. The molecule has 0 fully saturated rings. The van der Waals surface area contributed by atoms with Gasteiger partial charge in [-0.1, -0.05) is 18.2 Å². The average molecular weight is 367 g/mol. The number of nitrogen functional groups attached to an aromatic ring is 1. The highest BCUT2D eigenvalue weighted by atomic mass is 16.5. The summed E-state index contributed by atoms with van der Waals surface area (Å²) in [7, 11) is 1.46. The minimum absolute atomic E-state index is 0.000428. The maximum Gasteiger partial charge on any atom is 0.342 e. The molecule has 0 aliphatic carbocycles. The number of hydrogen-bond donors (Lipinski definition) is 3. The van der Waals surface area contributed by atoms with E-state index in [0.29, 0.717) is 5.75 Å². The van der Waals surface area contributed by atoms with Crippen LogP contribution in [-0.2, 0) is 11.3 Å². The number of carbonyl (C=O) groups is 1. The average Bonchev–Trinajstić information content (AvgIpc) is 2.66. The lowest BCUT2D eigenvalue weighted by Crippen LogP contribution is -2.11. The Balaban J connectivity index is 1.69. The number of esters is 1. The van der Waals surface area contributed by atoms with Gasteiger partial charge in [0.15, 0.2) is 12.4 Å². The molecule has 27 heavy (non-hydrogen) atoms. The number of rotatable bonds is 6. The summed E-state index contributed by atoms with van der Waals surface area (Å²) >= 11 is 0. The molecule has 2 aromatic carbocycles. The normalized spacial score (nSPS) is 10.3. The first kappa shape index (κ1) is 17.9. The van der Waals surface area contributed by atoms with Crippen LogP contribution in [0.5, 0.6) is 11.5 Å². The van der Waals surface area contributed by atoms with E-state index in [-0.39, 0.29) is 35.6 Å². The summed E-state index contributed by atoms with van der Waals surface area (Å²) < 4.78 is 10.1. The number of para-hydroxylation sites is 1. The number of anilines is 3. The van der Waals surface area contributed by atoms with Gasteiger partial charge in [-0.25, -0.2) is 4.79 Å². The molecule has 0 spiro atoms. The molecule has 1 heterocycles. The Kier molecular flexibility index (Phi) is 5.31. The van der Waals surface area contributed by atoms with E-state index >= 15 is 0 Å². The molecule has 4 N–H and O–H groups in total. The molecule has 0 aliphatic rings. The largest absolute Gasteiger partial charge is 0.507 e. The number of benzene rings is 2. The Morgan fingerprint density at radius 2 is 1.93 bits per heavy atom. The van der Waals surface area contributed by atoms with Crippen molar-refractivity contribution in [3.05, 3.63) is 59.9 Å². The molecule has 0 saturated carbocycles. The number of hydrogen-bond acceptors (Lipinski definition) is 9. The second-order valence-electron chi connectivity index (χ2n) is 5.38. The van der Waals surface area contributed by atoms with Gasteiger partial charge in [0.25, 0.3) is 0 Å². The van der Waals surface area contributed by atoms with Crippen LogP contribution in [0.25, 0.3) is 0 Å². The van der Waals surface area contributed by atoms with E-state index in [0.717, 1.165) is 5.69 Å². The van der Waals surface area contributed by atoms with Gasteiger partial charge in [-0.15, -0.1) is 0 Å². The summed E-state index contributed by atoms with van der Waals surface area (Å²) in [6, 6.07) is 13.5. The van der Waals surface area contributed by atoms with Gasteiger partial charge < -0.3 is 25.6 Å². The van der Waals surface area contributed by atoms with Gasteiger partial charge in [0, 0.05) is 11.8 Å². The molecule has 9 heteroatoms. The lowest BCUT2D eigenvalue weighted by Gasteiger charge is -2.09. The highest BCUT2D eigenvalue weighted by Gasteiger charge is 2.15. The van der Waals surface area contributed by atoms with E-state index in [1.807, 2.05) is 30.3 Å². The van der Waals surface area contributed by atoms with Crippen molar-refractivity contribution in [3.63, 3.8) is 0 Å². The molecule has 0 amide bonds. The molecular formula is C18H17N5O4. The van der Waals surface area contributed by atoms with Crippen molar-refractivity contribution in [3.8, 4) is 11.5 Å². The first-order valence-electron chi connectivity index (χ1n) is 7.92. The van der Waals surface area contributed by atoms with Crippen LogP contribution in [0.15, 0.2) is 48.5 Å². The fourth-order valence-corrected chi connectivity index (χ4v) is 2.23. The zero-order valence-electron chi connectivity index (χ0n) is 14.4. The number of carbonyl (C=O) groups excluding carboxylic acids is 1. The Hall–Kier alpha value is -3.88. The molecule has 0 atom stereocenters. The second kappa shape index (κ2) is 8.00.